The van der Waals surface area contributed by atoms with Crippen LogP contribution in [0.5, 0.6) is 0 Å². The molecule has 0 atom stereocenters. The van der Waals surface area contributed by atoms with E-state index in [1.807, 2.05) is 0 Å². The molecule has 0 radical (unpaired) electrons. The monoisotopic (exact) mass is 424 g/mol. The van der Waals surface area contributed by atoms with E-state index in [0.29, 0.717) is 30.6 Å². The van der Waals surface area contributed by atoms with E-state index in [1.54, 1.807) is 32.3 Å². The van der Waals surface area contributed by atoms with Gasteiger partial charge in [0.05, 0.1) is 11.1 Å². The summed E-state index contributed by atoms with van der Waals surface area (Å²) in [6.45, 7) is 0.838. The molecule has 8 nitrogen and oxygen atoms in total. The average molecular weight is 425 g/mol. The lowest BCUT2D eigenvalue weighted by molar-refractivity contribution is -0.121. The molecule has 0 saturated carbocycles. The SMILES string of the molecule is CN(C)C(=O)NCCNC(=O)CCCN1C(=O)c2ccc(Br)cc2C1=O. The van der Waals surface area contributed by atoms with Crippen molar-refractivity contribution in [3.8, 4) is 0 Å². The van der Waals surface area contributed by atoms with Crippen molar-refractivity contribution in [1.29, 1.82) is 0 Å². The number of urea groups is 1. The van der Waals surface area contributed by atoms with Crippen molar-refractivity contribution in [2.45, 2.75) is 12.8 Å². The Morgan fingerprint density at radius 1 is 1.08 bits per heavy atom. The maximum atomic E-state index is 12.3. The smallest absolute Gasteiger partial charge is 0.316 e. The Morgan fingerprint density at radius 3 is 2.42 bits per heavy atom. The van der Waals surface area contributed by atoms with E-state index in [1.165, 1.54) is 9.80 Å². The van der Waals surface area contributed by atoms with Gasteiger partial charge in [0.2, 0.25) is 5.91 Å². The van der Waals surface area contributed by atoms with Crippen molar-refractivity contribution in [2.24, 2.45) is 0 Å². The standard InChI is InChI=1S/C17H21BrN4O4/c1-21(2)17(26)20-8-7-19-14(23)4-3-9-22-15(24)12-6-5-11(18)10-13(12)16(22)25/h5-6,10H,3-4,7-9H2,1-2H3,(H,19,23)(H,20,26). The highest BCUT2D eigenvalue weighted by molar-refractivity contribution is 9.10. The fraction of sp³-hybridized carbons (Fsp3) is 0.412. The number of imide groups is 1. The molecule has 0 spiro atoms. The maximum Gasteiger partial charge on any atom is 0.316 e. The van der Waals surface area contributed by atoms with Crippen LogP contribution in [-0.2, 0) is 4.79 Å². The number of benzene rings is 1. The van der Waals surface area contributed by atoms with Crippen molar-refractivity contribution in [1.82, 2.24) is 20.4 Å². The first kappa shape index (κ1) is 19.9. The van der Waals surface area contributed by atoms with E-state index in [4.69, 9.17) is 0 Å². The second-order valence-electron chi connectivity index (χ2n) is 6.03. The molecule has 2 rings (SSSR count). The van der Waals surface area contributed by atoms with Gasteiger partial charge in [-0.15, -0.1) is 0 Å². The largest absolute Gasteiger partial charge is 0.354 e. The maximum absolute atomic E-state index is 12.3. The molecule has 1 aromatic carbocycles. The summed E-state index contributed by atoms with van der Waals surface area (Å²) in [5.74, 6) is -0.856. The zero-order valence-electron chi connectivity index (χ0n) is 14.7. The molecule has 0 bridgehead atoms. The molecule has 9 heteroatoms. The van der Waals surface area contributed by atoms with Crippen LogP contribution < -0.4 is 10.6 Å². The van der Waals surface area contributed by atoms with Gasteiger partial charge in [0, 0.05) is 44.6 Å². The van der Waals surface area contributed by atoms with Crippen LogP contribution in [0, 0.1) is 0 Å². The lowest BCUT2D eigenvalue weighted by atomic mass is 10.1. The van der Waals surface area contributed by atoms with Gasteiger partial charge in [0.1, 0.15) is 0 Å². The number of rotatable bonds is 7. The van der Waals surface area contributed by atoms with Crippen LogP contribution in [0.2, 0.25) is 0 Å². The van der Waals surface area contributed by atoms with Crippen LogP contribution in [0.3, 0.4) is 0 Å². The Kier molecular flexibility index (Phi) is 6.73. The summed E-state index contributed by atoms with van der Waals surface area (Å²) in [5, 5.41) is 5.32. The van der Waals surface area contributed by atoms with Gasteiger partial charge < -0.3 is 15.5 Å². The Morgan fingerprint density at radius 2 is 1.73 bits per heavy atom. The first-order valence-corrected chi connectivity index (χ1v) is 8.98. The minimum absolute atomic E-state index is 0.189. The van der Waals surface area contributed by atoms with Gasteiger partial charge in [-0.2, -0.15) is 0 Å². The highest BCUT2D eigenvalue weighted by Gasteiger charge is 2.35. The molecule has 1 aromatic rings. The fourth-order valence-corrected chi connectivity index (χ4v) is 2.84. The van der Waals surface area contributed by atoms with Gasteiger partial charge in [-0.3, -0.25) is 19.3 Å². The van der Waals surface area contributed by atoms with Crippen molar-refractivity contribution in [3.05, 3.63) is 33.8 Å². The Hall–Kier alpha value is -2.42. The second-order valence-corrected chi connectivity index (χ2v) is 6.95. The average Bonchev–Trinajstić information content (AvgIpc) is 2.82. The normalized spacial score (nSPS) is 12.8. The Labute approximate surface area is 160 Å². The number of carbonyl (C=O) groups excluding carboxylic acids is 4. The van der Waals surface area contributed by atoms with E-state index in [2.05, 4.69) is 26.6 Å². The number of fused-ring (bicyclic) bond motifs is 1. The van der Waals surface area contributed by atoms with Gasteiger partial charge in [-0.05, 0) is 24.6 Å². The molecule has 0 fully saturated rings. The summed E-state index contributed by atoms with van der Waals surface area (Å²) in [6, 6.07) is 4.74. The molecule has 0 aliphatic carbocycles. The minimum atomic E-state index is -0.335. The quantitative estimate of drug-likeness (QED) is 0.507. The zero-order valence-corrected chi connectivity index (χ0v) is 16.3. The zero-order chi connectivity index (χ0) is 19.3. The second kappa shape index (κ2) is 8.79. The molecule has 2 N–H and O–H groups in total. The van der Waals surface area contributed by atoms with E-state index in [0.717, 1.165) is 4.47 Å². The predicted octanol–water partition coefficient (Wildman–Crippen LogP) is 1.21. The number of hydrogen-bond donors (Lipinski definition) is 2. The highest BCUT2D eigenvalue weighted by atomic mass is 79.9. The topological polar surface area (TPSA) is 98.8 Å². The lowest BCUT2D eigenvalue weighted by Gasteiger charge is -2.14. The van der Waals surface area contributed by atoms with Gasteiger partial charge in [0.25, 0.3) is 11.8 Å². The Balaban J connectivity index is 1.71. The molecular formula is C17H21BrN4O4. The summed E-state index contributed by atoms with van der Waals surface area (Å²) in [7, 11) is 3.26. The minimum Gasteiger partial charge on any atom is -0.354 e. The van der Waals surface area contributed by atoms with Crippen LogP contribution in [0.25, 0.3) is 0 Å². The first-order valence-electron chi connectivity index (χ1n) is 8.19. The van der Waals surface area contributed by atoms with Crippen molar-refractivity contribution in [3.63, 3.8) is 0 Å². The van der Waals surface area contributed by atoms with Gasteiger partial charge in [0.15, 0.2) is 0 Å². The summed E-state index contributed by atoms with van der Waals surface area (Å²) in [5.41, 5.74) is 0.768. The third-order valence-electron chi connectivity index (χ3n) is 3.85. The molecule has 0 aromatic heterocycles. The molecule has 5 amide bonds. The number of halogens is 1. The highest BCUT2D eigenvalue weighted by Crippen LogP contribution is 2.26. The van der Waals surface area contributed by atoms with Crippen molar-refractivity contribution in [2.75, 3.05) is 33.7 Å². The third kappa shape index (κ3) is 4.81. The van der Waals surface area contributed by atoms with Crippen LogP contribution in [0.15, 0.2) is 22.7 Å². The van der Waals surface area contributed by atoms with Gasteiger partial charge >= 0.3 is 6.03 Å². The first-order chi connectivity index (χ1) is 12.3. The molecule has 1 aliphatic rings. The summed E-state index contributed by atoms with van der Waals surface area (Å²) >= 11 is 3.29. The van der Waals surface area contributed by atoms with Gasteiger partial charge in [-0.1, -0.05) is 15.9 Å². The Bertz CT molecular complexity index is 735. The molecule has 26 heavy (non-hydrogen) atoms. The van der Waals surface area contributed by atoms with E-state index >= 15 is 0 Å². The summed E-state index contributed by atoms with van der Waals surface area (Å²) < 4.78 is 0.736. The van der Waals surface area contributed by atoms with Crippen LogP contribution >= 0.6 is 15.9 Å². The van der Waals surface area contributed by atoms with E-state index in [-0.39, 0.29) is 36.7 Å². The fourth-order valence-electron chi connectivity index (χ4n) is 2.48. The molecule has 0 saturated heterocycles. The molecular weight excluding hydrogens is 404 g/mol. The number of nitrogens with zero attached hydrogens (tertiary/aromatic N) is 2. The molecule has 1 heterocycles. The van der Waals surface area contributed by atoms with Crippen molar-refractivity contribution >= 4 is 39.7 Å². The summed E-state index contributed by atoms with van der Waals surface area (Å²) in [6.07, 6.45) is 0.571. The number of nitrogens with one attached hydrogen (secondary N) is 2. The third-order valence-corrected chi connectivity index (χ3v) is 4.34. The van der Waals surface area contributed by atoms with Gasteiger partial charge in [-0.25, -0.2) is 4.79 Å². The van der Waals surface area contributed by atoms with Crippen LogP contribution in [0.4, 0.5) is 4.79 Å². The number of amides is 5. The van der Waals surface area contributed by atoms with Crippen LogP contribution in [-0.4, -0.2) is 67.3 Å². The molecule has 140 valence electrons. The predicted molar refractivity (Wildman–Crippen MR) is 98.8 cm³/mol. The van der Waals surface area contributed by atoms with Crippen LogP contribution in [0.1, 0.15) is 33.6 Å². The number of hydrogen-bond acceptors (Lipinski definition) is 4. The lowest BCUT2D eigenvalue weighted by Crippen LogP contribution is -2.39. The van der Waals surface area contributed by atoms with E-state index in [9.17, 15) is 19.2 Å². The van der Waals surface area contributed by atoms with E-state index < -0.39 is 0 Å². The van der Waals surface area contributed by atoms with Crippen molar-refractivity contribution < 1.29 is 19.2 Å². The number of carbonyl (C=O) groups is 4. The molecule has 1 aliphatic heterocycles. The molecule has 0 unspecified atom stereocenters. The summed E-state index contributed by atoms with van der Waals surface area (Å²) in [4.78, 5) is 50.3.